The minimum atomic E-state index is -0.585. The van der Waals surface area contributed by atoms with Crippen LogP contribution in [0, 0.1) is 17.0 Å². The highest BCUT2D eigenvalue weighted by Crippen LogP contribution is 2.23. The molecular formula is C11H9N3O5. The standard InChI is InChI=1S/C11H9N3O5/c1-7-12-13-11(19-7)6-18-10-3-2-9(14(16)17)4-8(10)5-15/h2-5H,6H2,1H3. The first-order valence-electron chi connectivity index (χ1n) is 5.25. The fraction of sp³-hybridized carbons (Fsp3) is 0.182. The van der Waals surface area contributed by atoms with E-state index in [0.717, 1.165) is 6.07 Å². The largest absolute Gasteiger partial charge is 0.483 e. The Bertz CT molecular complexity index is 623. The minimum Gasteiger partial charge on any atom is -0.483 e. The van der Waals surface area contributed by atoms with Crippen molar-refractivity contribution < 1.29 is 18.9 Å². The van der Waals surface area contributed by atoms with Crippen molar-refractivity contribution in [3.8, 4) is 5.75 Å². The highest BCUT2D eigenvalue weighted by molar-refractivity contribution is 5.80. The number of aryl methyl sites for hydroxylation is 1. The van der Waals surface area contributed by atoms with Crippen molar-refractivity contribution >= 4 is 12.0 Å². The van der Waals surface area contributed by atoms with Crippen molar-refractivity contribution in [2.45, 2.75) is 13.5 Å². The SMILES string of the molecule is Cc1nnc(COc2ccc([N+](=O)[O-])cc2C=O)o1. The summed E-state index contributed by atoms with van der Waals surface area (Å²) in [5.74, 6) is 0.877. The van der Waals surface area contributed by atoms with Crippen molar-refractivity contribution in [3.05, 3.63) is 45.7 Å². The molecule has 19 heavy (non-hydrogen) atoms. The maximum absolute atomic E-state index is 10.9. The van der Waals surface area contributed by atoms with Crippen LogP contribution in [-0.2, 0) is 6.61 Å². The van der Waals surface area contributed by atoms with E-state index in [9.17, 15) is 14.9 Å². The van der Waals surface area contributed by atoms with Crippen molar-refractivity contribution in [1.82, 2.24) is 10.2 Å². The number of nitro benzene ring substituents is 1. The Balaban J connectivity index is 2.15. The first kappa shape index (κ1) is 12.7. The van der Waals surface area contributed by atoms with Gasteiger partial charge in [-0.2, -0.15) is 0 Å². The van der Waals surface area contributed by atoms with Gasteiger partial charge in [-0.15, -0.1) is 10.2 Å². The Morgan fingerprint density at radius 2 is 2.26 bits per heavy atom. The Kier molecular flexibility index (Phi) is 3.51. The molecular weight excluding hydrogens is 254 g/mol. The number of rotatable bonds is 5. The number of hydrogen-bond acceptors (Lipinski definition) is 7. The highest BCUT2D eigenvalue weighted by atomic mass is 16.6. The van der Waals surface area contributed by atoms with Crippen molar-refractivity contribution in [3.63, 3.8) is 0 Å². The quantitative estimate of drug-likeness (QED) is 0.458. The van der Waals surface area contributed by atoms with Crippen LogP contribution in [0.2, 0.25) is 0 Å². The molecule has 0 aliphatic heterocycles. The molecule has 0 saturated carbocycles. The van der Waals surface area contributed by atoms with Gasteiger partial charge in [-0.3, -0.25) is 14.9 Å². The Hall–Kier alpha value is -2.77. The van der Waals surface area contributed by atoms with E-state index in [-0.39, 0.29) is 29.5 Å². The number of carbonyl (C=O) groups excluding carboxylic acids is 1. The van der Waals surface area contributed by atoms with Crippen LogP contribution in [-0.4, -0.2) is 21.4 Å². The average Bonchev–Trinajstić information content (AvgIpc) is 2.81. The molecule has 2 rings (SSSR count). The number of aldehydes is 1. The summed E-state index contributed by atoms with van der Waals surface area (Å²) in [6.07, 6.45) is 0.487. The predicted octanol–water partition coefficient (Wildman–Crippen LogP) is 1.68. The molecule has 1 aromatic carbocycles. The second-order valence-electron chi connectivity index (χ2n) is 3.60. The van der Waals surface area contributed by atoms with Crippen molar-refractivity contribution in [2.75, 3.05) is 0 Å². The smallest absolute Gasteiger partial charge is 0.270 e. The molecule has 0 N–H and O–H groups in total. The van der Waals surface area contributed by atoms with Crippen molar-refractivity contribution in [1.29, 1.82) is 0 Å². The van der Waals surface area contributed by atoms with E-state index >= 15 is 0 Å². The fourth-order valence-corrected chi connectivity index (χ4v) is 1.41. The zero-order valence-electron chi connectivity index (χ0n) is 9.90. The molecule has 0 bridgehead atoms. The summed E-state index contributed by atoms with van der Waals surface area (Å²) in [5, 5.41) is 17.9. The Morgan fingerprint density at radius 3 is 2.84 bits per heavy atom. The molecule has 2 aromatic rings. The van der Waals surface area contributed by atoms with Gasteiger partial charge in [0.2, 0.25) is 5.89 Å². The van der Waals surface area contributed by atoms with E-state index in [1.165, 1.54) is 12.1 Å². The van der Waals surface area contributed by atoms with Gasteiger partial charge < -0.3 is 9.15 Å². The molecule has 8 nitrogen and oxygen atoms in total. The lowest BCUT2D eigenvalue weighted by Crippen LogP contribution is -1.99. The molecule has 1 aromatic heterocycles. The number of carbonyl (C=O) groups is 1. The molecule has 0 unspecified atom stereocenters. The molecule has 0 aliphatic carbocycles. The van der Waals surface area contributed by atoms with E-state index < -0.39 is 4.92 Å². The molecule has 1 heterocycles. The number of benzene rings is 1. The lowest BCUT2D eigenvalue weighted by molar-refractivity contribution is -0.384. The van der Waals surface area contributed by atoms with Gasteiger partial charge in [-0.25, -0.2) is 0 Å². The normalized spacial score (nSPS) is 10.2. The van der Waals surface area contributed by atoms with Crippen LogP contribution in [0.25, 0.3) is 0 Å². The molecule has 0 spiro atoms. The van der Waals surface area contributed by atoms with E-state index in [1.807, 2.05) is 0 Å². The van der Waals surface area contributed by atoms with E-state index in [4.69, 9.17) is 9.15 Å². The van der Waals surface area contributed by atoms with Crippen molar-refractivity contribution in [2.24, 2.45) is 0 Å². The summed E-state index contributed by atoms with van der Waals surface area (Å²) in [6, 6.07) is 3.74. The predicted molar refractivity (Wildman–Crippen MR) is 61.9 cm³/mol. The molecule has 0 amide bonds. The monoisotopic (exact) mass is 263 g/mol. The van der Waals surface area contributed by atoms with Gasteiger partial charge >= 0.3 is 0 Å². The van der Waals surface area contributed by atoms with Crippen LogP contribution in [0.4, 0.5) is 5.69 Å². The maximum atomic E-state index is 10.9. The van der Waals surface area contributed by atoms with E-state index in [0.29, 0.717) is 12.2 Å². The zero-order chi connectivity index (χ0) is 13.8. The topological polar surface area (TPSA) is 108 Å². The number of hydrogen-bond donors (Lipinski definition) is 0. The second-order valence-corrected chi connectivity index (χ2v) is 3.60. The van der Waals surface area contributed by atoms with Gasteiger partial charge in [-0.1, -0.05) is 0 Å². The number of ether oxygens (including phenoxy) is 1. The number of non-ortho nitro benzene ring substituents is 1. The van der Waals surface area contributed by atoms with Crippen LogP contribution in [0.3, 0.4) is 0 Å². The molecule has 98 valence electrons. The van der Waals surface area contributed by atoms with Crippen LogP contribution in [0.5, 0.6) is 5.75 Å². The fourth-order valence-electron chi connectivity index (χ4n) is 1.41. The molecule has 8 heteroatoms. The number of nitrogens with zero attached hydrogens (tertiary/aromatic N) is 3. The van der Waals surface area contributed by atoms with Gasteiger partial charge in [0.05, 0.1) is 10.5 Å². The maximum Gasteiger partial charge on any atom is 0.270 e. The first-order valence-corrected chi connectivity index (χ1v) is 5.25. The second kappa shape index (κ2) is 5.25. The molecule has 0 aliphatic rings. The number of nitro groups is 1. The van der Waals surface area contributed by atoms with Crippen LogP contribution in [0.15, 0.2) is 22.6 Å². The lowest BCUT2D eigenvalue weighted by atomic mass is 10.2. The lowest BCUT2D eigenvalue weighted by Gasteiger charge is -2.05. The van der Waals surface area contributed by atoms with Gasteiger partial charge in [0, 0.05) is 19.1 Å². The summed E-state index contributed by atoms with van der Waals surface area (Å²) in [6.45, 7) is 1.62. The third kappa shape index (κ3) is 2.92. The van der Waals surface area contributed by atoms with E-state index in [1.54, 1.807) is 6.92 Å². The summed E-state index contributed by atoms with van der Waals surface area (Å²) >= 11 is 0. The Labute approximate surface area is 107 Å². The molecule has 0 atom stereocenters. The molecule has 0 fully saturated rings. The summed E-state index contributed by atoms with van der Waals surface area (Å²) in [7, 11) is 0. The minimum absolute atomic E-state index is 0.0144. The van der Waals surface area contributed by atoms with Crippen LogP contribution < -0.4 is 4.74 Å². The first-order chi connectivity index (χ1) is 9.10. The summed E-state index contributed by atoms with van der Waals surface area (Å²) in [5.41, 5.74) is -0.0893. The van der Waals surface area contributed by atoms with Crippen LogP contribution >= 0.6 is 0 Å². The van der Waals surface area contributed by atoms with Gasteiger partial charge in [0.25, 0.3) is 11.6 Å². The van der Waals surface area contributed by atoms with Gasteiger partial charge in [-0.05, 0) is 6.07 Å². The Morgan fingerprint density at radius 1 is 1.47 bits per heavy atom. The summed E-state index contributed by atoms with van der Waals surface area (Å²) in [4.78, 5) is 20.9. The highest BCUT2D eigenvalue weighted by Gasteiger charge is 2.12. The zero-order valence-corrected chi connectivity index (χ0v) is 9.90. The summed E-state index contributed by atoms with van der Waals surface area (Å²) < 4.78 is 10.4. The molecule has 0 radical (unpaired) electrons. The third-order valence-electron chi connectivity index (χ3n) is 2.25. The van der Waals surface area contributed by atoms with Crippen LogP contribution in [0.1, 0.15) is 22.1 Å². The average molecular weight is 263 g/mol. The van der Waals surface area contributed by atoms with Gasteiger partial charge in [0.1, 0.15) is 5.75 Å². The van der Waals surface area contributed by atoms with Gasteiger partial charge in [0.15, 0.2) is 12.9 Å². The number of aromatic nitrogens is 2. The molecule has 0 saturated heterocycles. The van der Waals surface area contributed by atoms with E-state index in [2.05, 4.69) is 10.2 Å². The third-order valence-corrected chi connectivity index (χ3v) is 2.25.